The van der Waals surface area contributed by atoms with Crippen LogP contribution in [0.5, 0.6) is 0 Å². The van der Waals surface area contributed by atoms with Crippen LogP contribution in [-0.4, -0.2) is 24.4 Å². The van der Waals surface area contributed by atoms with Crippen LogP contribution in [0.15, 0.2) is 78.5 Å². The van der Waals surface area contributed by atoms with E-state index in [-0.39, 0.29) is 5.70 Å². The number of anilines is 2. The Kier molecular flexibility index (Phi) is 6.59. The van der Waals surface area contributed by atoms with Crippen molar-refractivity contribution >= 4 is 34.7 Å². The molecule has 1 aliphatic heterocycles. The Morgan fingerprint density at radius 2 is 1.62 bits per heavy atom. The van der Waals surface area contributed by atoms with Gasteiger partial charge in [0.1, 0.15) is 5.70 Å². The third kappa shape index (κ3) is 4.48. The van der Waals surface area contributed by atoms with Crippen molar-refractivity contribution in [3.05, 3.63) is 101 Å². The molecule has 1 heterocycles. The summed E-state index contributed by atoms with van der Waals surface area (Å²) in [6, 6.07) is 21.3. The zero-order valence-electron chi connectivity index (χ0n) is 19.4. The van der Waals surface area contributed by atoms with Crippen LogP contribution in [0.3, 0.4) is 0 Å². The predicted molar refractivity (Wildman–Crippen MR) is 132 cm³/mol. The van der Waals surface area contributed by atoms with Crippen molar-refractivity contribution in [3.8, 4) is 0 Å². The number of nitrogens with one attached hydrogen (secondary N) is 1. The van der Waals surface area contributed by atoms with Crippen molar-refractivity contribution in [2.24, 2.45) is 0 Å². The highest BCUT2D eigenvalue weighted by Gasteiger charge is 2.40. The second kappa shape index (κ2) is 9.75. The second-order valence-electron chi connectivity index (χ2n) is 8.19. The zero-order chi connectivity index (χ0) is 24.2. The highest BCUT2D eigenvalue weighted by atomic mass is 16.5. The van der Waals surface area contributed by atoms with Crippen molar-refractivity contribution in [2.45, 2.75) is 27.2 Å². The molecule has 0 fully saturated rings. The summed E-state index contributed by atoms with van der Waals surface area (Å²) in [5, 5.41) is 3.21. The first kappa shape index (κ1) is 23.0. The van der Waals surface area contributed by atoms with E-state index in [0.717, 1.165) is 28.1 Å². The standard InChI is InChI=1S/C28H26N2O4/c1-4-16-34-28(33)21-11-13-22(14-12-21)30-26(31)24(20-8-6-5-7-9-20)25(27(30)32)29-23-15-10-18(2)17-19(23)3/h5-15,17,29H,4,16H2,1-3H3. The summed E-state index contributed by atoms with van der Waals surface area (Å²) in [5.41, 5.74) is 4.74. The van der Waals surface area contributed by atoms with Gasteiger partial charge in [-0.1, -0.05) is 55.0 Å². The van der Waals surface area contributed by atoms with Crippen LogP contribution in [0.1, 0.15) is 40.4 Å². The lowest BCUT2D eigenvalue weighted by Gasteiger charge is -2.16. The average Bonchev–Trinajstić information content (AvgIpc) is 3.09. The van der Waals surface area contributed by atoms with Crippen LogP contribution < -0.4 is 10.2 Å². The van der Waals surface area contributed by atoms with Gasteiger partial charge < -0.3 is 10.1 Å². The van der Waals surface area contributed by atoms with E-state index in [1.54, 1.807) is 36.4 Å². The van der Waals surface area contributed by atoms with Crippen LogP contribution in [0.25, 0.3) is 5.57 Å². The Morgan fingerprint density at radius 1 is 0.912 bits per heavy atom. The van der Waals surface area contributed by atoms with Crippen LogP contribution in [-0.2, 0) is 14.3 Å². The maximum absolute atomic E-state index is 13.5. The number of ether oxygens (including phenoxy) is 1. The summed E-state index contributed by atoms with van der Waals surface area (Å²) in [6.45, 7) is 6.20. The number of esters is 1. The second-order valence-corrected chi connectivity index (χ2v) is 8.19. The molecule has 172 valence electrons. The van der Waals surface area contributed by atoms with E-state index in [9.17, 15) is 14.4 Å². The molecule has 0 atom stereocenters. The van der Waals surface area contributed by atoms with Crippen LogP contribution in [0, 0.1) is 13.8 Å². The molecule has 0 bridgehead atoms. The molecule has 6 heteroatoms. The number of nitrogens with zero attached hydrogens (tertiary/aromatic N) is 1. The predicted octanol–water partition coefficient (Wildman–Crippen LogP) is 5.27. The Labute approximate surface area is 198 Å². The summed E-state index contributed by atoms with van der Waals surface area (Å²) >= 11 is 0. The van der Waals surface area contributed by atoms with E-state index in [1.165, 1.54) is 0 Å². The third-order valence-electron chi connectivity index (χ3n) is 5.59. The van der Waals surface area contributed by atoms with Gasteiger partial charge in [0.25, 0.3) is 11.8 Å². The number of rotatable bonds is 7. The number of hydrogen-bond acceptors (Lipinski definition) is 5. The van der Waals surface area contributed by atoms with E-state index in [4.69, 9.17) is 4.74 Å². The van der Waals surface area contributed by atoms with E-state index < -0.39 is 17.8 Å². The fourth-order valence-electron chi connectivity index (χ4n) is 3.87. The quantitative estimate of drug-likeness (QED) is 0.389. The SMILES string of the molecule is CCCOC(=O)c1ccc(N2C(=O)C(Nc3ccc(C)cc3C)=C(c3ccccc3)C2=O)cc1. The molecule has 3 aromatic carbocycles. The number of carbonyl (C=O) groups is 3. The molecule has 3 aromatic rings. The molecule has 0 spiro atoms. The van der Waals surface area contributed by atoms with Gasteiger partial charge in [-0.05, 0) is 61.7 Å². The molecule has 6 nitrogen and oxygen atoms in total. The molecular weight excluding hydrogens is 428 g/mol. The highest BCUT2D eigenvalue weighted by molar-refractivity contribution is 6.46. The smallest absolute Gasteiger partial charge is 0.338 e. The van der Waals surface area contributed by atoms with Crippen molar-refractivity contribution in [3.63, 3.8) is 0 Å². The molecule has 0 aliphatic carbocycles. The molecule has 0 radical (unpaired) electrons. The minimum absolute atomic E-state index is 0.217. The van der Waals surface area contributed by atoms with Gasteiger partial charge in [-0.2, -0.15) is 0 Å². The van der Waals surface area contributed by atoms with E-state index in [0.29, 0.717) is 29.0 Å². The number of imide groups is 1. The molecule has 4 rings (SSSR count). The van der Waals surface area contributed by atoms with Crippen LogP contribution in [0.4, 0.5) is 11.4 Å². The highest BCUT2D eigenvalue weighted by Crippen LogP contribution is 2.34. The maximum atomic E-state index is 13.5. The summed E-state index contributed by atoms with van der Waals surface area (Å²) < 4.78 is 5.16. The molecule has 0 saturated heterocycles. The van der Waals surface area contributed by atoms with Gasteiger partial charge in [-0.3, -0.25) is 9.59 Å². The minimum atomic E-state index is -0.454. The molecular formula is C28H26N2O4. The third-order valence-corrected chi connectivity index (χ3v) is 5.59. The Balaban J connectivity index is 1.71. The number of benzene rings is 3. The zero-order valence-corrected chi connectivity index (χ0v) is 19.4. The Hall–Kier alpha value is -4.19. The van der Waals surface area contributed by atoms with Gasteiger partial charge in [-0.15, -0.1) is 0 Å². The normalized spacial score (nSPS) is 13.4. The van der Waals surface area contributed by atoms with Crippen molar-refractivity contribution in [1.82, 2.24) is 0 Å². The van der Waals surface area contributed by atoms with E-state index in [1.807, 2.05) is 57.2 Å². The number of hydrogen-bond donors (Lipinski definition) is 1. The average molecular weight is 455 g/mol. The molecule has 1 N–H and O–H groups in total. The summed E-state index contributed by atoms with van der Waals surface area (Å²) in [5.74, 6) is -1.32. The van der Waals surface area contributed by atoms with Gasteiger partial charge in [0.2, 0.25) is 0 Å². The molecule has 0 saturated carbocycles. The van der Waals surface area contributed by atoms with Crippen LogP contribution >= 0.6 is 0 Å². The largest absolute Gasteiger partial charge is 0.462 e. The summed E-state index contributed by atoms with van der Waals surface area (Å²) in [7, 11) is 0. The molecule has 2 amide bonds. The molecule has 0 unspecified atom stereocenters. The molecule has 1 aliphatic rings. The fourth-order valence-corrected chi connectivity index (χ4v) is 3.87. The lowest BCUT2D eigenvalue weighted by molar-refractivity contribution is -0.120. The lowest BCUT2D eigenvalue weighted by atomic mass is 10.0. The number of carbonyl (C=O) groups excluding carboxylic acids is 3. The first-order chi connectivity index (χ1) is 16.4. The summed E-state index contributed by atoms with van der Waals surface area (Å²) in [6.07, 6.45) is 0.727. The molecule has 34 heavy (non-hydrogen) atoms. The van der Waals surface area contributed by atoms with Crippen LogP contribution in [0.2, 0.25) is 0 Å². The first-order valence-electron chi connectivity index (χ1n) is 11.2. The fraction of sp³-hybridized carbons (Fsp3) is 0.179. The monoisotopic (exact) mass is 454 g/mol. The minimum Gasteiger partial charge on any atom is -0.462 e. The van der Waals surface area contributed by atoms with Crippen molar-refractivity contribution in [1.29, 1.82) is 0 Å². The van der Waals surface area contributed by atoms with E-state index >= 15 is 0 Å². The van der Waals surface area contributed by atoms with E-state index in [2.05, 4.69) is 5.32 Å². The van der Waals surface area contributed by atoms with Gasteiger partial charge in [0.05, 0.1) is 23.4 Å². The topological polar surface area (TPSA) is 75.7 Å². The number of aryl methyl sites for hydroxylation is 2. The summed E-state index contributed by atoms with van der Waals surface area (Å²) in [4.78, 5) is 40.3. The lowest BCUT2D eigenvalue weighted by Crippen LogP contribution is -2.32. The van der Waals surface area contributed by atoms with Crippen molar-refractivity contribution < 1.29 is 19.1 Å². The van der Waals surface area contributed by atoms with Gasteiger partial charge >= 0.3 is 5.97 Å². The van der Waals surface area contributed by atoms with Gasteiger partial charge in [0.15, 0.2) is 0 Å². The first-order valence-corrected chi connectivity index (χ1v) is 11.2. The Bertz CT molecular complexity index is 1280. The van der Waals surface area contributed by atoms with Gasteiger partial charge in [-0.25, -0.2) is 9.69 Å². The molecule has 0 aromatic heterocycles. The Morgan fingerprint density at radius 3 is 2.26 bits per heavy atom. The van der Waals surface area contributed by atoms with Crippen molar-refractivity contribution in [2.75, 3.05) is 16.8 Å². The maximum Gasteiger partial charge on any atom is 0.338 e. The number of amides is 2. The van der Waals surface area contributed by atoms with Gasteiger partial charge in [0, 0.05) is 5.69 Å².